The van der Waals surface area contributed by atoms with E-state index in [0.29, 0.717) is 30.4 Å². The molecular weight excluding hydrogens is 403 g/mol. The summed E-state index contributed by atoms with van der Waals surface area (Å²) in [4.78, 5) is 2.48. The van der Waals surface area contributed by atoms with Crippen LogP contribution in [-0.4, -0.2) is 57.1 Å². The molecule has 4 atom stereocenters. The predicted molar refractivity (Wildman–Crippen MR) is 104 cm³/mol. The van der Waals surface area contributed by atoms with E-state index in [9.17, 15) is 18.3 Å². The lowest BCUT2D eigenvalue weighted by Gasteiger charge is -2.35. The summed E-state index contributed by atoms with van der Waals surface area (Å²) in [7, 11) is 0. The van der Waals surface area contributed by atoms with E-state index in [1.54, 1.807) is 18.3 Å². The zero-order valence-corrected chi connectivity index (χ0v) is 16.6. The number of benzene rings is 1. The Morgan fingerprint density at radius 2 is 1.93 bits per heavy atom. The molecule has 1 aromatic carbocycles. The van der Waals surface area contributed by atoms with Gasteiger partial charge in [0.25, 0.3) is 0 Å². The summed E-state index contributed by atoms with van der Waals surface area (Å²) in [5.41, 5.74) is -4.33. The second-order valence-corrected chi connectivity index (χ2v) is 8.91. The van der Waals surface area contributed by atoms with Gasteiger partial charge < -0.3 is 14.7 Å². The molecule has 2 aliphatic rings. The molecule has 1 aliphatic carbocycles. The van der Waals surface area contributed by atoms with Crippen LogP contribution in [0.5, 0.6) is 5.75 Å². The number of nitrogens with zero attached hydrogens (tertiary/aromatic N) is 3. The average molecular weight is 427 g/mol. The summed E-state index contributed by atoms with van der Waals surface area (Å²) >= 11 is -0.159. The number of fused-ring (bicyclic) bond motifs is 1. The van der Waals surface area contributed by atoms with E-state index in [1.165, 1.54) is 12.1 Å². The van der Waals surface area contributed by atoms with Crippen molar-refractivity contribution in [2.24, 2.45) is 11.8 Å². The standard InChI is InChI=1S/C20H24F3N3O2S/c21-20(22,23)29-17-4-1-3-16(11-17)28-19-10-15-13-25(12-14(15)9-18(19)27)7-8-26-6-2-5-24-26/h1-6,11,14-15,18-19,27H,7-10,12-13H2/t14-,15+,18+,19+/m0/s1. The average Bonchev–Trinajstić information content (AvgIpc) is 3.28. The lowest BCUT2D eigenvalue weighted by atomic mass is 9.78. The first-order valence-electron chi connectivity index (χ1n) is 9.76. The number of aliphatic hydroxyl groups excluding tert-OH is 1. The molecule has 1 aliphatic heterocycles. The Labute approximate surface area is 171 Å². The highest BCUT2D eigenvalue weighted by molar-refractivity contribution is 8.00. The Morgan fingerprint density at radius 3 is 2.66 bits per heavy atom. The van der Waals surface area contributed by atoms with Gasteiger partial charge in [0.05, 0.1) is 12.6 Å². The van der Waals surface area contributed by atoms with E-state index in [2.05, 4.69) is 10.00 Å². The molecule has 4 rings (SSSR count). The van der Waals surface area contributed by atoms with Gasteiger partial charge in [-0.3, -0.25) is 4.68 Å². The molecule has 0 radical (unpaired) electrons. The van der Waals surface area contributed by atoms with Gasteiger partial charge in [-0.05, 0) is 60.7 Å². The quantitative estimate of drug-likeness (QED) is 0.714. The van der Waals surface area contributed by atoms with Gasteiger partial charge >= 0.3 is 5.51 Å². The van der Waals surface area contributed by atoms with Crippen molar-refractivity contribution in [2.45, 2.75) is 42.0 Å². The number of rotatable bonds is 6. The number of aliphatic hydroxyl groups is 1. The van der Waals surface area contributed by atoms with Gasteiger partial charge in [0.15, 0.2) is 0 Å². The van der Waals surface area contributed by atoms with Crippen LogP contribution in [0.4, 0.5) is 13.2 Å². The molecule has 0 amide bonds. The fourth-order valence-electron chi connectivity index (χ4n) is 4.39. The molecule has 29 heavy (non-hydrogen) atoms. The Hall–Kier alpha value is -1.71. The fourth-order valence-corrected chi connectivity index (χ4v) is 4.98. The highest BCUT2D eigenvalue weighted by atomic mass is 32.2. The first kappa shape index (κ1) is 20.6. The van der Waals surface area contributed by atoms with Crippen molar-refractivity contribution in [3.05, 3.63) is 42.7 Å². The van der Waals surface area contributed by atoms with Gasteiger partial charge in [-0.2, -0.15) is 18.3 Å². The monoisotopic (exact) mass is 427 g/mol. The fraction of sp³-hybridized carbons (Fsp3) is 0.550. The number of thioether (sulfide) groups is 1. The van der Waals surface area contributed by atoms with E-state index >= 15 is 0 Å². The molecule has 2 fully saturated rings. The van der Waals surface area contributed by atoms with Crippen LogP contribution in [0, 0.1) is 11.8 Å². The first-order valence-corrected chi connectivity index (χ1v) is 10.6. The van der Waals surface area contributed by atoms with Gasteiger partial charge in [0.2, 0.25) is 0 Å². The summed E-state index contributed by atoms with van der Waals surface area (Å²) in [6, 6.07) is 7.90. The molecule has 0 spiro atoms. The second kappa shape index (κ2) is 8.57. The maximum atomic E-state index is 12.6. The van der Waals surface area contributed by atoms with Gasteiger partial charge in [0, 0.05) is 36.9 Å². The highest BCUT2D eigenvalue weighted by Crippen LogP contribution is 2.40. The SMILES string of the molecule is O[C@@H]1C[C@H]2CN(CCn3cccn3)C[C@H]2C[C@H]1Oc1cccc(SC(F)(F)F)c1. The lowest BCUT2D eigenvalue weighted by Crippen LogP contribution is -2.42. The second-order valence-electron chi connectivity index (χ2n) is 7.77. The minimum absolute atomic E-state index is 0.0869. The van der Waals surface area contributed by atoms with Crippen LogP contribution < -0.4 is 4.74 Å². The van der Waals surface area contributed by atoms with Crippen LogP contribution >= 0.6 is 11.8 Å². The minimum Gasteiger partial charge on any atom is -0.488 e. The van der Waals surface area contributed by atoms with Crippen LogP contribution in [0.25, 0.3) is 0 Å². The number of halogens is 3. The molecule has 1 N–H and O–H groups in total. The van der Waals surface area contributed by atoms with Gasteiger partial charge in [-0.1, -0.05) is 6.07 Å². The van der Waals surface area contributed by atoms with E-state index < -0.39 is 17.7 Å². The van der Waals surface area contributed by atoms with Crippen molar-refractivity contribution in [3.63, 3.8) is 0 Å². The molecule has 9 heteroatoms. The van der Waals surface area contributed by atoms with Crippen LogP contribution in [0.2, 0.25) is 0 Å². The smallest absolute Gasteiger partial charge is 0.446 e. The summed E-state index contributed by atoms with van der Waals surface area (Å²) in [6.45, 7) is 3.64. The van der Waals surface area contributed by atoms with E-state index in [4.69, 9.17) is 4.74 Å². The number of alkyl halides is 3. The van der Waals surface area contributed by atoms with Gasteiger partial charge in [-0.25, -0.2) is 0 Å². The van der Waals surface area contributed by atoms with Crippen LogP contribution in [-0.2, 0) is 6.54 Å². The molecule has 158 valence electrons. The zero-order chi connectivity index (χ0) is 20.4. The topological polar surface area (TPSA) is 50.5 Å². The van der Waals surface area contributed by atoms with Crippen molar-refractivity contribution in [3.8, 4) is 5.75 Å². The van der Waals surface area contributed by atoms with E-state index in [0.717, 1.165) is 26.2 Å². The zero-order valence-electron chi connectivity index (χ0n) is 15.8. The number of hydrogen-bond acceptors (Lipinski definition) is 5. The molecule has 0 unspecified atom stereocenters. The molecule has 2 aromatic rings. The summed E-state index contributed by atoms with van der Waals surface area (Å²) in [6.07, 6.45) is 4.08. The maximum Gasteiger partial charge on any atom is 0.446 e. The lowest BCUT2D eigenvalue weighted by molar-refractivity contribution is -0.0329. The van der Waals surface area contributed by atoms with Crippen molar-refractivity contribution in [1.29, 1.82) is 0 Å². The molecular formula is C20H24F3N3O2S. The number of hydrogen-bond donors (Lipinski definition) is 1. The molecule has 0 bridgehead atoms. The van der Waals surface area contributed by atoms with Crippen LogP contribution in [0.3, 0.4) is 0 Å². The third-order valence-corrected chi connectivity index (χ3v) is 6.41. The third kappa shape index (κ3) is 5.46. The van der Waals surface area contributed by atoms with Gasteiger partial charge in [0.1, 0.15) is 11.9 Å². The Morgan fingerprint density at radius 1 is 1.14 bits per heavy atom. The number of ether oxygens (including phenoxy) is 1. The molecule has 1 saturated carbocycles. The Balaban J connectivity index is 1.33. The minimum atomic E-state index is -4.33. The van der Waals surface area contributed by atoms with E-state index in [-0.39, 0.29) is 16.7 Å². The van der Waals surface area contributed by atoms with E-state index in [1.807, 2.05) is 16.9 Å². The molecule has 2 heterocycles. The van der Waals surface area contributed by atoms with Crippen molar-refractivity contribution >= 4 is 11.8 Å². The summed E-state index contributed by atoms with van der Waals surface area (Å²) in [5, 5.41) is 14.8. The number of aromatic nitrogens is 2. The van der Waals surface area contributed by atoms with Crippen LogP contribution in [0.15, 0.2) is 47.6 Å². The Kier molecular flexibility index (Phi) is 6.08. The largest absolute Gasteiger partial charge is 0.488 e. The van der Waals surface area contributed by atoms with Crippen molar-refractivity contribution in [2.75, 3.05) is 19.6 Å². The molecule has 5 nitrogen and oxygen atoms in total. The van der Waals surface area contributed by atoms with Crippen molar-refractivity contribution < 1.29 is 23.0 Å². The van der Waals surface area contributed by atoms with Crippen LogP contribution in [0.1, 0.15) is 12.8 Å². The normalized spacial score (nSPS) is 27.7. The van der Waals surface area contributed by atoms with Crippen molar-refractivity contribution in [1.82, 2.24) is 14.7 Å². The first-order chi connectivity index (χ1) is 13.9. The Bertz CT molecular complexity index is 803. The predicted octanol–water partition coefficient (Wildman–Crippen LogP) is 3.65. The maximum absolute atomic E-state index is 12.6. The number of likely N-dealkylation sites (tertiary alicyclic amines) is 1. The molecule has 1 saturated heterocycles. The summed E-state index contributed by atoms with van der Waals surface area (Å²) in [5.74, 6) is 1.22. The van der Waals surface area contributed by atoms with Gasteiger partial charge in [-0.15, -0.1) is 0 Å². The highest BCUT2D eigenvalue weighted by Gasteiger charge is 2.42. The summed E-state index contributed by atoms with van der Waals surface area (Å²) < 4.78 is 45.6. The third-order valence-electron chi connectivity index (χ3n) is 5.69. The molecule has 1 aromatic heterocycles.